The maximum Gasteiger partial charge on any atom is 0.0464 e. The summed E-state index contributed by atoms with van der Waals surface area (Å²) in [6.45, 7) is 4.58. The molecule has 0 saturated heterocycles. The van der Waals surface area contributed by atoms with Crippen molar-refractivity contribution in [1.29, 1.82) is 0 Å². The number of rotatable bonds is 7. The second-order valence-electron chi connectivity index (χ2n) is 3.22. The number of aliphatic hydroxyl groups is 1. The van der Waals surface area contributed by atoms with E-state index in [1.807, 2.05) is 18.8 Å². The zero-order valence-electron chi connectivity index (χ0n) is 8.34. The molecule has 0 aromatic rings. The summed E-state index contributed by atoms with van der Waals surface area (Å²) in [4.78, 5) is 0. The highest BCUT2D eigenvalue weighted by Gasteiger charge is 2.04. The molecule has 2 atom stereocenters. The number of thioether (sulfide) groups is 1. The molecule has 0 rings (SSSR count). The normalized spacial score (nSPS) is 16.0. The molecule has 0 bridgehead atoms. The minimum Gasteiger partial charge on any atom is -0.396 e. The van der Waals surface area contributed by atoms with Gasteiger partial charge in [0.25, 0.3) is 0 Å². The van der Waals surface area contributed by atoms with Crippen molar-refractivity contribution in [3.8, 4) is 0 Å². The van der Waals surface area contributed by atoms with Crippen LogP contribution in [-0.2, 0) is 0 Å². The molecule has 0 saturated carbocycles. The predicted octanol–water partition coefficient (Wildman–Crippen LogP) is 1.35. The first-order valence-corrected chi connectivity index (χ1v) is 5.75. The maximum atomic E-state index is 8.79. The molecule has 2 N–H and O–H groups in total. The van der Waals surface area contributed by atoms with Gasteiger partial charge in [0.15, 0.2) is 0 Å². The lowest BCUT2D eigenvalue weighted by atomic mass is 10.2. The number of aliphatic hydroxyl groups excluding tert-OH is 1. The zero-order valence-corrected chi connectivity index (χ0v) is 9.16. The van der Waals surface area contributed by atoms with Crippen LogP contribution in [0.4, 0.5) is 0 Å². The Morgan fingerprint density at radius 2 is 2.08 bits per heavy atom. The second kappa shape index (κ2) is 7.90. The third kappa shape index (κ3) is 5.86. The van der Waals surface area contributed by atoms with Crippen molar-refractivity contribution in [3.05, 3.63) is 0 Å². The molecule has 0 aliphatic heterocycles. The molecule has 0 aliphatic carbocycles. The Morgan fingerprint density at radius 1 is 1.42 bits per heavy atom. The summed E-state index contributed by atoms with van der Waals surface area (Å²) < 4.78 is 0. The fourth-order valence-electron chi connectivity index (χ4n) is 0.869. The van der Waals surface area contributed by atoms with Gasteiger partial charge in [-0.25, -0.2) is 0 Å². The minimum absolute atomic E-state index is 0.309. The largest absolute Gasteiger partial charge is 0.396 e. The van der Waals surface area contributed by atoms with E-state index in [0.29, 0.717) is 18.6 Å². The van der Waals surface area contributed by atoms with E-state index in [0.717, 1.165) is 11.5 Å². The van der Waals surface area contributed by atoms with Crippen LogP contribution in [0.2, 0.25) is 0 Å². The first kappa shape index (κ1) is 12.3. The molecule has 0 radical (unpaired) electrons. The summed E-state index contributed by atoms with van der Waals surface area (Å²) in [7, 11) is 2.00. The van der Waals surface area contributed by atoms with Gasteiger partial charge in [0, 0.05) is 18.4 Å². The maximum absolute atomic E-state index is 8.79. The van der Waals surface area contributed by atoms with E-state index in [4.69, 9.17) is 5.11 Å². The average Bonchev–Trinajstić information content (AvgIpc) is 2.12. The molecule has 0 aromatic heterocycles. The summed E-state index contributed by atoms with van der Waals surface area (Å²) >= 11 is 1.92. The smallest absolute Gasteiger partial charge is 0.0464 e. The van der Waals surface area contributed by atoms with Crippen LogP contribution in [0.3, 0.4) is 0 Å². The molecule has 0 aliphatic rings. The molecule has 12 heavy (non-hydrogen) atoms. The highest BCUT2D eigenvalue weighted by Crippen LogP contribution is 2.10. The van der Waals surface area contributed by atoms with Gasteiger partial charge in [0.05, 0.1) is 0 Å². The highest BCUT2D eigenvalue weighted by atomic mass is 32.2. The molecular formula is C9H21NOS. The SMILES string of the molecule is CCC(CSCC(C)CO)NC. The molecule has 0 aromatic carbocycles. The van der Waals surface area contributed by atoms with Gasteiger partial charge in [-0.15, -0.1) is 0 Å². The highest BCUT2D eigenvalue weighted by molar-refractivity contribution is 7.99. The lowest BCUT2D eigenvalue weighted by Crippen LogP contribution is -2.27. The molecule has 2 nitrogen and oxygen atoms in total. The van der Waals surface area contributed by atoms with E-state index in [-0.39, 0.29) is 0 Å². The van der Waals surface area contributed by atoms with Crippen molar-refractivity contribution in [2.75, 3.05) is 25.2 Å². The third-order valence-corrected chi connectivity index (χ3v) is 3.38. The Hall–Kier alpha value is 0.270. The molecule has 0 heterocycles. The standard InChI is InChI=1S/C9H21NOS/c1-4-9(10-3)7-12-6-8(2)5-11/h8-11H,4-7H2,1-3H3. The van der Waals surface area contributed by atoms with Crippen molar-refractivity contribution < 1.29 is 5.11 Å². The van der Waals surface area contributed by atoms with E-state index >= 15 is 0 Å². The summed E-state index contributed by atoms with van der Waals surface area (Å²) in [5.74, 6) is 2.65. The van der Waals surface area contributed by atoms with E-state index in [9.17, 15) is 0 Å². The minimum atomic E-state index is 0.309. The molecule has 2 unspecified atom stereocenters. The van der Waals surface area contributed by atoms with E-state index < -0.39 is 0 Å². The molecule has 0 amide bonds. The van der Waals surface area contributed by atoms with E-state index in [2.05, 4.69) is 19.2 Å². The van der Waals surface area contributed by atoms with Crippen molar-refractivity contribution in [3.63, 3.8) is 0 Å². The number of hydrogen-bond donors (Lipinski definition) is 2. The van der Waals surface area contributed by atoms with Crippen LogP contribution in [0.15, 0.2) is 0 Å². The van der Waals surface area contributed by atoms with Crippen LogP contribution in [0.25, 0.3) is 0 Å². The topological polar surface area (TPSA) is 32.3 Å². The third-order valence-electron chi connectivity index (χ3n) is 1.93. The molecule has 74 valence electrons. The Bertz CT molecular complexity index is 96.5. The number of hydrogen-bond acceptors (Lipinski definition) is 3. The van der Waals surface area contributed by atoms with Crippen molar-refractivity contribution in [1.82, 2.24) is 5.32 Å². The molecule has 0 spiro atoms. The fourth-order valence-corrected chi connectivity index (χ4v) is 2.20. The van der Waals surface area contributed by atoms with E-state index in [1.54, 1.807) is 0 Å². The zero-order chi connectivity index (χ0) is 9.40. The van der Waals surface area contributed by atoms with Crippen LogP contribution in [-0.4, -0.2) is 36.3 Å². The Balaban J connectivity index is 3.28. The summed E-state index contributed by atoms with van der Waals surface area (Å²) in [5, 5.41) is 12.0. The van der Waals surface area contributed by atoms with Gasteiger partial charge in [-0.3, -0.25) is 0 Å². The van der Waals surface area contributed by atoms with Gasteiger partial charge >= 0.3 is 0 Å². The Morgan fingerprint density at radius 3 is 2.50 bits per heavy atom. The van der Waals surface area contributed by atoms with Crippen molar-refractivity contribution in [2.45, 2.75) is 26.3 Å². The quantitative estimate of drug-likeness (QED) is 0.637. The fraction of sp³-hybridized carbons (Fsp3) is 1.00. The first-order valence-electron chi connectivity index (χ1n) is 4.60. The average molecular weight is 191 g/mol. The van der Waals surface area contributed by atoms with Gasteiger partial charge in [0.2, 0.25) is 0 Å². The lowest BCUT2D eigenvalue weighted by molar-refractivity contribution is 0.250. The van der Waals surface area contributed by atoms with E-state index in [1.165, 1.54) is 6.42 Å². The Kier molecular flexibility index (Phi) is 8.07. The Labute approximate surface area is 80.1 Å². The van der Waals surface area contributed by atoms with Gasteiger partial charge in [0.1, 0.15) is 0 Å². The first-order chi connectivity index (χ1) is 5.74. The van der Waals surface area contributed by atoms with Gasteiger partial charge in [-0.2, -0.15) is 11.8 Å². The van der Waals surface area contributed by atoms with Crippen LogP contribution in [0.1, 0.15) is 20.3 Å². The lowest BCUT2D eigenvalue weighted by Gasteiger charge is -2.14. The predicted molar refractivity (Wildman–Crippen MR) is 56.7 cm³/mol. The molecule has 0 fully saturated rings. The van der Waals surface area contributed by atoms with Gasteiger partial charge < -0.3 is 10.4 Å². The van der Waals surface area contributed by atoms with Crippen molar-refractivity contribution in [2.24, 2.45) is 5.92 Å². The summed E-state index contributed by atoms with van der Waals surface area (Å²) in [5.41, 5.74) is 0. The van der Waals surface area contributed by atoms with Crippen molar-refractivity contribution >= 4 is 11.8 Å². The molecular weight excluding hydrogens is 170 g/mol. The van der Waals surface area contributed by atoms with Crippen LogP contribution < -0.4 is 5.32 Å². The van der Waals surface area contributed by atoms with Gasteiger partial charge in [-0.05, 0) is 25.1 Å². The number of nitrogens with one attached hydrogen (secondary N) is 1. The van der Waals surface area contributed by atoms with Gasteiger partial charge in [-0.1, -0.05) is 13.8 Å². The van der Waals surface area contributed by atoms with Crippen LogP contribution >= 0.6 is 11.8 Å². The van der Waals surface area contributed by atoms with Crippen LogP contribution in [0.5, 0.6) is 0 Å². The van der Waals surface area contributed by atoms with Crippen LogP contribution in [0, 0.1) is 5.92 Å². The molecule has 3 heteroatoms. The summed E-state index contributed by atoms with van der Waals surface area (Å²) in [6, 6.07) is 0.626. The monoisotopic (exact) mass is 191 g/mol. The second-order valence-corrected chi connectivity index (χ2v) is 4.29. The summed E-state index contributed by atoms with van der Waals surface area (Å²) in [6.07, 6.45) is 1.18.